The summed E-state index contributed by atoms with van der Waals surface area (Å²) in [5.41, 5.74) is 0.926. The largest absolute Gasteiger partial charge is 0.465 e. The van der Waals surface area contributed by atoms with Gasteiger partial charge in [0, 0.05) is 12.5 Å². The molecule has 0 aliphatic rings. The Labute approximate surface area is 85.9 Å². The molecule has 2 aromatic rings. The molecular weight excluding hydrogens is 196 g/mol. The SMILES string of the molecule is CCc1nnc2cc(C(=O)OC)cnn12. The average molecular weight is 206 g/mol. The van der Waals surface area contributed by atoms with Crippen molar-refractivity contribution in [1.82, 2.24) is 19.8 Å². The maximum atomic E-state index is 11.2. The lowest BCUT2D eigenvalue weighted by Gasteiger charge is -1.99. The summed E-state index contributed by atoms with van der Waals surface area (Å²) in [4.78, 5) is 11.2. The molecule has 0 radical (unpaired) electrons. The minimum absolute atomic E-state index is 0.375. The molecule has 0 atom stereocenters. The lowest BCUT2D eigenvalue weighted by molar-refractivity contribution is 0.0600. The van der Waals surface area contributed by atoms with Gasteiger partial charge < -0.3 is 4.74 Å². The highest BCUT2D eigenvalue weighted by Crippen LogP contribution is 2.06. The van der Waals surface area contributed by atoms with Crippen LogP contribution in [0.4, 0.5) is 0 Å². The summed E-state index contributed by atoms with van der Waals surface area (Å²) in [5, 5.41) is 11.9. The Morgan fingerprint density at radius 1 is 1.53 bits per heavy atom. The number of hydrogen-bond acceptors (Lipinski definition) is 5. The van der Waals surface area contributed by atoms with Gasteiger partial charge in [-0.05, 0) is 0 Å². The summed E-state index contributed by atoms with van der Waals surface area (Å²) in [7, 11) is 1.33. The molecule has 0 fully saturated rings. The van der Waals surface area contributed by atoms with E-state index in [1.165, 1.54) is 13.3 Å². The summed E-state index contributed by atoms with van der Waals surface area (Å²) in [6.07, 6.45) is 2.19. The Hall–Kier alpha value is -1.98. The number of rotatable bonds is 2. The quantitative estimate of drug-likeness (QED) is 0.668. The fourth-order valence-corrected chi connectivity index (χ4v) is 1.29. The first-order chi connectivity index (χ1) is 7.26. The van der Waals surface area contributed by atoms with Gasteiger partial charge in [0.25, 0.3) is 0 Å². The van der Waals surface area contributed by atoms with Crippen molar-refractivity contribution in [3.05, 3.63) is 23.7 Å². The Bertz CT molecular complexity index is 506. The number of aromatic nitrogens is 4. The van der Waals surface area contributed by atoms with Crippen LogP contribution in [0.25, 0.3) is 5.65 Å². The average Bonchev–Trinajstić information content (AvgIpc) is 2.69. The number of fused-ring (bicyclic) bond motifs is 1. The molecule has 78 valence electrons. The maximum Gasteiger partial charge on any atom is 0.339 e. The predicted octanol–water partition coefficient (Wildman–Crippen LogP) is 0.473. The fourth-order valence-electron chi connectivity index (χ4n) is 1.29. The Kier molecular flexibility index (Phi) is 2.32. The van der Waals surface area contributed by atoms with E-state index in [9.17, 15) is 4.79 Å². The monoisotopic (exact) mass is 206 g/mol. The van der Waals surface area contributed by atoms with Gasteiger partial charge in [-0.2, -0.15) is 9.61 Å². The molecule has 0 bridgehead atoms. The molecular formula is C9H10N4O2. The molecule has 2 aromatic heterocycles. The van der Waals surface area contributed by atoms with Crippen LogP contribution < -0.4 is 0 Å². The molecule has 0 unspecified atom stereocenters. The van der Waals surface area contributed by atoms with E-state index in [-0.39, 0.29) is 0 Å². The number of esters is 1. The third kappa shape index (κ3) is 1.54. The summed E-state index contributed by atoms with van der Waals surface area (Å²) in [5.74, 6) is 0.340. The van der Waals surface area contributed by atoms with E-state index in [4.69, 9.17) is 0 Å². The van der Waals surface area contributed by atoms with Crippen molar-refractivity contribution < 1.29 is 9.53 Å². The number of nitrogens with zero attached hydrogens (tertiary/aromatic N) is 4. The topological polar surface area (TPSA) is 69.4 Å². The molecule has 0 aliphatic carbocycles. The third-order valence-electron chi connectivity index (χ3n) is 2.06. The second-order valence-corrected chi connectivity index (χ2v) is 2.98. The normalized spacial score (nSPS) is 10.5. The molecule has 0 spiro atoms. The van der Waals surface area contributed by atoms with Gasteiger partial charge in [-0.15, -0.1) is 10.2 Å². The minimum Gasteiger partial charge on any atom is -0.465 e. The van der Waals surface area contributed by atoms with Crippen LogP contribution >= 0.6 is 0 Å². The molecule has 0 N–H and O–H groups in total. The molecule has 6 nitrogen and oxygen atoms in total. The molecule has 0 saturated heterocycles. The van der Waals surface area contributed by atoms with Crippen LogP contribution in [-0.4, -0.2) is 32.9 Å². The molecule has 2 heterocycles. The first kappa shape index (κ1) is 9.57. The van der Waals surface area contributed by atoms with Crippen LogP contribution in [0.3, 0.4) is 0 Å². The lowest BCUT2D eigenvalue weighted by atomic mass is 10.3. The number of hydrogen-bond donors (Lipinski definition) is 0. The second kappa shape index (κ2) is 3.64. The van der Waals surface area contributed by atoms with Gasteiger partial charge in [-0.3, -0.25) is 0 Å². The van der Waals surface area contributed by atoms with Gasteiger partial charge in [0.2, 0.25) is 0 Å². The number of carbonyl (C=O) groups is 1. The van der Waals surface area contributed by atoms with Crippen LogP contribution in [0.1, 0.15) is 23.1 Å². The van der Waals surface area contributed by atoms with Gasteiger partial charge in [0.1, 0.15) is 0 Å². The van der Waals surface area contributed by atoms with E-state index in [0.717, 1.165) is 12.2 Å². The summed E-state index contributed by atoms with van der Waals surface area (Å²) in [6.45, 7) is 1.96. The highest BCUT2D eigenvalue weighted by atomic mass is 16.5. The van der Waals surface area contributed by atoms with E-state index < -0.39 is 5.97 Å². The number of aryl methyl sites for hydroxylation is 1. The first-order valence-electron chi connectivity index (χ1n) is 4.55. The van der Waals surface area contributed by atoms with E-state index in [0.29, 0.717) is 11.2 Å². The van der Waals surface area contributed by atoms with Crippen molar-refractivity contribution in [3.8, 4) is 0 Å². The van der Waals surface area contributed by atoms with E-state index in [2.05, 4.69) is 20.0 Å². The smallest absolute Gasteiger partial charge is 0.339 e. The highest BCUT2D eigenvalue weighted by Gasteiger charge is 2.10. The minimum atomic E-state index is -0.425. The Morgan fingerprint density at radius 3 is 3.00 bits per heavy atom. The summed E-state index contributed by atoms with van der Waals surface area (Å²) >= 11 is 0. The van der Waals surface area contributed by atoms with Crippen molar-refractivity contribution in [2.45, 2.75) is 13.3 Å². The van der Waals surface area contributed by atoms with Gasteiger partial charge >= 0.3 is 5.97 Å². The molecule has 2 rings (SSSR count). The summed E-state index contributed by atoms with van der Waals surface area (Å²) < 4.78 is 6.19. The summed E-state index contributed by atoms with van der Waals surface area (Å²) in [6, 6.07) is 1.60. The first-order valence-corrected chi connectivity index (χ1v) is 4.55. The number of methoxy groups -OCH3 is 1. The second-order valence-electron chi connectivity index (χ2n) is 2.98. The molecule has 0 amide bonds. The molecule has 0 aliphatic heterocycles. The maximum absolute atomic E-state index is 11.2. The standard InChI is InChI=1S/C9H10N4O2/c1-3-7-11-12-8-4-6(9(14)15-2)5-10-13(7)8/h4-5H,3H2,1-2H3. The van der Waals surface area contributed by atoms with Gasteiger partial charge in [0.15, 0.2) is 11.5 Å². The molecule has 6 heteroatoms. The predicted molar refractivity (Wildman–Crippen MR) is 51.5 cm³/mol. The Morgan fingerprint density at radius 2 is 2.33 bits per heavy atom. The van der Waals surface area contributed by atoms with Crippen molar-refractivity contribution >= 4 is 11.6 Å². The van der Waals surface area contributed by atoms with E-state index >= 15 is 0 Å². The van der Waals surface area contributed by atoms with Gasteiger partial charge in [0.05, 0.1) is 18.9 Å². The van der Waals surface area contributed by atoms with Crippen LogP contribution in [0.15, 0.2) is 12.3 Å². The van der Waals surface area contributed by atoms with Crippen LogP contribution in [0.5, 0.6) is 0 Å². The highest BCUT2D eigenvalue weighted by molar-refractivity contribution is 5.89. The van der Waals surface area contributed by atoms with Crippen molar-refractivity contribution in [2.24, 2.45) is 0 Å². The van der Waals surface area contributed by atoms with Gasteiger partial charge in [-0.1, -0.05) is 6.92 Å². The Balaban J connectivity index is 2.53. The van der Waals surface area contributed by atoms with Crippen molar-refractivity contribution in [1.29, 1.82) is 0 Å². The van der Waals surface area contributed by atoms with Crippen molar-refractivity contribution in [2.75, 3.05) is 7.11 Å². The van der Waals surface area contributed by atoms with Crippen LogP contribution in [0.2, 0.25) is 0 Å². The lowest BCUT2D eigenvalue weighted by Crippen LogP contribution is -2.05. The zero-order valence-corrected chi connectivity index (χ0v) is 8.47. The van der Waals surface area contributed by atoms with Crippen molar-refractivity contribution in [3.63, 3.8) is 0 Å². The number of ether oxygens (including phenoxy) is 1. The zero-order valence-electron chi connectivity index (χ0n) is 8.47. The van der Waals surface area contributed by atoms with E-state index in [1.807, 2.05) is 6.92 Å². The van der Waals surface area contributed by atoms with Gasteiger partial charge in [-0.25, -0.2) is 4.79 Å². The molecule has 15 heavy (non-hydrogen) atoms. The number of carbonyl (C=O) groups excluding carboxylic acids is 1. The molecule has 0 saturated carbocycles. The van der Waals surface area contributed by atoms with E-state index in [1.54, 1.807) is 10.6 Å². The fraction of sp³-hybridized carbons (Fsp3) is 0.333. The zero-order chi connectivity index (χ0) is 10.8. The van der Waals surface area contributed by atoms with Crippen LogP contribution in [-0.2, 0) is 11.2 Å². The molecule has 0 aromatic carbocycles. The van der Waals surface area contributed by atoms with Crippen LogP contribution in [0, 0.1) is 0 Å². The third-order valence-corrected chi connectivity index (χ3v) is 2.06.